The Labute approximate surface area is 121 Å². The van der Waals surface area contributed by atoms with Gasteiger partial charge in [0, 0.05) is 17.7 Å². The minimum absolute atomic E-state index is 0.0154. The van der Waals surface area contributed by atoms with Crippen molar-refractivity contribution in [3.8, 4) is 0 Å². The molecule has 1 aromatic rings. The van der Waals surface area contributed by atoms with Crippen LogP contribution in [0.5, 0.6) is 0 Å². The third-order valence-corrected chi connectivity index (χ3v) is 5.11. The van der Waals surface area contributed by atoms with Gasteiger partial charge in [-0.3, -0.25) is 0 Å². The normalized spacial score (nSPS) is 19.8. The van der Waals surface area contributed by atoms with Gasteiger partial charge < -0.3 is 9.84 Å². The van der Waals surface area contributed by atoms with E-state index in [1.807, 2.05) is 0 Å². The van der Waals surface area contributed by atoms with Crippen LogP contribution in [0.1, 0.15) is 12.0 Å². The molecule has 19 heavy (non-hydrogen) atoms. The highest BCUT2D eigenvalue weighted by Crippen LogP contribution is 2.29. The van der Waals surface area contributed by atoms with Crippen molar-refractivity contribution in [3.05, 3.63) is 27.7 Å². The molecule has 0 saturated carbocycles. The number of hydrogen-bond acceptors (Lipinski definition) is 4. The lowest BCUT2D eigenvalue weighted by atomic mass is 10.2. The Bertz CT molecular complexity index is 570. The maximum atomic E-state index is 12.2. The Balaban J connectivity index is 2.36. The monoisotopic (exact) mass is 325 g/mol. The van der Waals surface area contributed by atoms with E-state index in [2.05, 4.69) is 4.72 Å². The zero-order chi connectivity index (χ0) is 14.0. The van der Waals surface area contributed by atoms with Crippen LogP contribution in [-0.2, 0) is 21.4 Å². The van der Waals surface area contributed by atoms with Crippen LogP contribution in [0.3, 0.4) is 0 Å². The Hall–Kier alpha value is -0.370. The fourth-order valence-electron chi connectivity index (χ4n) is 1.84. The molecule has 5 nitrogen and oxygen atoms in total. The SMILES string of the molecule is O=S(=O)(NC1CCOC1)c1cc(Cl)cc(CO)c1Cl. The number of sulfonamides is 1. The van der Waals surface area contributed by atoms with Crippen molar-refractivity contribution < 1.29 is 18.3 Å². The van der Waals surface area contributed by atoms with Crippen molar-refractivity contribution in [2.24, 2.45) is 0 Å². The maximum Gasteiger partial charge on any atom is 0.242 e. The standard InChI is InChI=1S/C11H13Cl2NO4S/c12-8-3-7(5-15)11(13)10(4-8)19(16,17)14-9-1-2-18-6-9/h3-4,9,14-15H,1-2,5-6H2. The first-order valence-electron chi connectivity index (χ1n) is 5.63. The quantitative estimate of drug-likeness (QED) is 0.880. The average Bonchev–Trinajstić information content (AvgIpc) is 2.83. The molecule has 1 aliphatic rings. The molecule has 1 aliphatic heterocycles. The van der Waals surface area contributed by atoms with Crippen LogP contribution in [0, 0.1) is 0 Å². The molecule has 1 aromatic carbocycles. The van der Waals surface area contributed by atoms with Crippen LogP contribution in [0.4, 0.5) is 0 Å². The zero-order valence-electron chi connectivity index (χ0n) is 9.90. The number of aliphatic hydroxyl groups excluding tert-OH is 1. The van der Waals surface area contributed by atoms with E-state index in [1.165, 1.54) is 12.1 Å². The Morgan fingerprint density at radius 2 is 2.16 bits per heavy atom. The van der Waals surface area contributed by atoms with E-state index in [9.17, 15) is 8.42 Å². The van der Waals surface area contributed by atoms with Gasteiger partial charge in [-0.2, -0.15) is 0 Å². The highest BCUT2D eigenvalue weighted by atomic mass is 35.5. The largest absolute Gasteiger partial charge is 0.392 e. The van der Waals surface area contributed by atoms with Crippen molar-refractivity contribution in [1.29, 1.82) is 0 Å². The summed E-state index contributed by atoms with van der Waals surface area (Å²) in [4.78, 5) is -0.127. The van der Waals surface area contributed by atoms with Gasteiger partial charge in [-0.25, -0.2) is 13.1 Å². The summed E-state index contributed by atoms with van der Waals surface area (Å²) in [7, 11) is -3.79. The first-order chi connectivity index (χ1) is 8.94. The molecule has 106 valence electrons. The molecule has 0 aromatic heterocycles. The lowest BCUT2D eigenvalue weighted by molar-refractivity contribution is 0.192. The van der Waals surface area contributed by atoms with E-state index in [4.69, 9.17) is 33.0 Å². The van der Waals surface area contributed by atoms with Crippen LogP contribution in [0.25, 0.3) is 0 Å². The number of benzene rings is 1. The summed E-state index contributed by atoms with van der Waals surface area (Å²) >= 11 is 11.8. The molecule has 0 spiro atoms. The second-order valence-electron chi connectivity index (χ2n) is 4.22. The molecule has 0 aliphatic carbocycles. The summed E-state index contributed by atoms with van der Waals surface area (Å²) in [5, 5.41) is 9.33. The first kappa shape index (κ1) is 15.0. The van der Waals surface area contributed by atoms with Gasteiger partial charge in [0.15, 0.2) is 0 Å². The Kier molecular flexibility index (Phi) is 4.70. The van der Waals surface area contributed by atoms with Gasteiger partial charge >= 0.3 is 0 Å². The lowest BCUT2D eigenvalue weighted by Crippen LogP contribution is -2.35. The van der Waals surface area contributed by atoms with Gasteiger partial charge in [-0.15, -0.1) is 0 Å². The average molecular weight is 326 g/mol. The molecule has 1 heterocycles. The van der Waals surface area contributed by atoms with Crippen molar-refractivity contribution in [1.82, 2.24) is 4.72 Å². The minimum Gasteiger partial charge on any atom is -0.392 e. The van der Waals surface area contributed by atoms with Gasteiger partial charge in [0.05, 0.1) is 18.2 Å². The van der Waals surface area contributed by atoms with Crippen molar-refractivity contribution in [3.63, 3.8) is 0 Å². The molecule has 8 heteroatoms. The van der Waals surface area contributed by atoms with Crippen LogP contribution < -0.4 is 4.72 Å². The topological polar surface area (TPSA) is 75.6 Å². The van der Waals surface area contributed by atoms with Crippen molar-refractivity contribution in [2.75, 3.05) is 13.2 Å². The predicted molar refractivity (Wildman–Crippen MR) is 71.9 cm³/mol. The molecule has 0 bridgehead atoms. The number of hydrogen-bond donors (Lipinski definition) is 2. The van der Waals surface area contributed by atoms with Crippen LogP contribution in [0.15, 0.2) is 17.0 Å². The van der Waals surface area contributed by atoms with E-state index in [0.29, 0.717) is 19.6 Å². The number of ether oxygens (including phenoxy) is 1. The van der Waals surface area contributed by atoms with E-state index in [1.54, 1.807) is 0 Å². The van der Waals surface area contributed by atoms with Crippen LogP contribution >= 0.6 is 23.2 Å². The Morgan fingerprint density at radius 1 is 1.42 bits per heavy atom. The first-order valence-corrected chi connectivity index (χ1v) is 7.87. The molecule has 1 saturated heterocycles. The summed E-state index contributed by atoms with van der Waals surface area (Å²) in [6.45, 7) is 0.483. The number of rotatable bonds is 4. The van der Waals surface area contributed by atoms with E-state index >= 15 is 0 Å². The summed E-state index contributed by atoms with van der Waals surface area (Å²) in [5.41, 5.74) is 0.275. The summed E-state index contributed by atoms with van der Waals surface area (Å²) in [6, 6.07) is 2.43. The van der Waals surface area contributed by atoms with Gasteiger partial charge in [0.25, 0.3) is 0 Å². The second-order valence-corrected chi connectivity index (χ2v) is 6.71. The summed E-state index contributed by atoms with van der Waals surface area (Å²) in [6.07, 6.45) is 0.615. The van der Waals surface area contributed by atoms with Crippen LogP contribution in [0.2, 0.25) is 10.0 Å². The Morgan fingerprint density at radius 3 is 2.74 bits per heavy atom. The second kappa shape index (κ2) is 5.95. The van der Waals surface area contributed by atoms with Gasteiger partial charge in [0.2, 0.25) is 10.0 Å². The number of nitrogens with one attached hydrogen (secondary N) is 1. The third kappa shape index (κ3) is 3.39. The van der Waals surface area contributed by atoms with Crippen molar-refractivity contribution >= 4 is 33.2 Å². The highest BCUT2D eigenvalue weighted by Gasteiger charge is 2.26. The fraction of sp³-hybridized carbons (Fsp3) is 0.455. The number of aliphatic hydroxyl groups is 1. The fourth-order valence-corrected chi connectivity index (χ4v) is 4.02. The summed E-state index contributed by atoms with van der Waals surface area (Å²) < 4.78 is 32.1. The molecule has 1 atom stereocenters. The lowest BCUT2D eigenvalue weighted by Gasteiger charge is -2.14. The molecule has 1 unspecified atom stereocenters. The molecule has 0 radical (unpaired) electrons. The van der Waals surface area contributed by atoms with Crippen molar-refractivity contribution in [2.45, 2.75) is 24.0 Å². The predicted octanol–water partition coefficient (Wildman–Crippen LogP) is 1.55. The smallest absolute Gasteiger partial charge is 0.242 e. The molecule has 2 N–H and O–H groups in total. The third-order valence-electron chi connectivity index (χ3n) is 2.79. The minimum atomic E-state index is -3.79. The molecule has 0 amide bonds. The molecular weight excluding hydrogens is 313 g/mol. The van der Waals surface area contributed by atoms with Gasteiger partial charge in [-0.1, -0.05) is 23.2 Å². The molecule has 2 rings (SSSR count). The molecule has 1 fully saturated rings. The number of halogens is 2. The zero-order valence-corrected chi connectivity index (χ0v) is 12.2. The van der Waals surface area contributed by atoms with E-state index < -0.39 is 10.0 Å². The van der Waals surface area contributed by atoms with E-state index in [-0.39, 0.29) is 33.2 Å². The van der Waals surface area contributed by atoms with Gasteiger partial charge in [-0.05, 0) is 24.1 Å². The van der Waals surface area contributed by atoms with E-state index in [0.717, 1.165) is 0 Å². The summed E-state index contributed by atoms with van der Waals surface area (Å²) in [5.74, 6) is 0. The van der Waals surface area contributed by atoms with Gasteiger partial charge in [0.1, 0.15) is 4.90 Å². The molecular formula is C11H13Cl2NO4S. The maximum absolute atomic E-state index is 12.2. The highest BCUT2D eigenvalue weighted by molar-refractivity contribution is 7.89. The van der Waals surface area contributed by atoms with Crippen LogP contribution in [-0.4, -0.2) is 32.8 Å².